The van der Waals surface area contributed by atoms with Gasteiger partial charge in [0.15, 0.2) is 5.76 Å². The van der Waals surface area contributed by atoms with Crippen molar-refractivity contribution in [1.82, 2.24) is 10.6 Å². The summed E-state index contributed by atoms with van der Waals surface area (Å²) in [5.41, 5.74) is 0. The largest absolute Gasteiger partial charge is 0.433 e. The SMILES string of the molecule is CC(NC(=O)c1ccc([N+](=O)[O-])o1)C1CCCNC1. The monoisotopic (exact) mass is 267 g/mol. The van der Waals surface area contributed by atoms with E-state index in [2.05, 4.69) is 10.6 Å². The maximum atomic E-state index is 11.9. The highest BCUT2D eigenvalue weighted by molar-refractivity contribution is 5.91. The minimum atomic E-state index is -0.661. The molecule has 1 aliphatic heterocycles. The van der Waals surface area contributed by atoms with Crippen molar-refractivity contribution >= 4 is 11.8 Å². The highest BCUT2D eigenvalue weighted by Crippen LogP contribution is 2.17. The Morgan fingerprint density at radius 1 is 1.63 bits per heavy atom. The maximum Gasteiger partial charge on any atom is 0.433 e. The highest BCUT2D eigenvalue weighted by Gasteiger charge is 2.24. The minimum Gasteiger partial charge on any atom is -0.395 e. The molecule has 7 heteroatoms. The molecule has 1 saturated heterocycles. The molecule has 2 unspecified atom stereocenters. The second-order valence-corrected chi connectivity index (χ2v) is 4.76. The average Bonchev–Trinajstić information content (AvgIpc) is 2.89. The Balaban J connectivity index is 1.93. The summed E-state index contributed by atoms with van der Waals surface area (Å²) in [5, 5.41) is 16.6. The topological polar surface area (TPSA) is 97.4 Å². The first-order valence-corrected chi connectivity index (χ1v) is 6.33. The predicted molar refractivity (Wildman–Crippen MR) is 67.9 cm³/mol. The summed E-state index contributed by atoms with van der Waals surface area (Å²) in [6.45, 7) is 3.83. The summed E-state index contributed by atoms with van der Waals surface area (Å²) >= 11 is 0. The van der Waals surface area contributed by atoms with Gasteiger partial charge in [0.05, 0.1) is 6.07 Å². The average molecular weight is 267 g/mol. The van der Waals surface area contributed by atoms with Crippen molar-refractivity contribution in [3.05, 3.63) is 28.0 Å². The van der Waals surface area contributed by atoms with Gasteiger partial charge in [-0.15, -0.1) is 0 Å². The van der Waals surface area contributed by atoms with E-state index in [9.17, 15) is 14.9 Å². The van der Waals surface area contributed by atoms with Crippen LogP contribution in [-0.4, -0.2) is 30.0 Å². The first-order chi connectivity index (χ1) is 9.08. The first-order valence-electron chi connectivity index (χ1n) is 6.33. The van der Waals surface area contributed by atoms with Crippen molar-refractivity contribution in [2.75, 3.05) is 13.1 Å². The Labute approximate surface area is 110 Å². The van der Waals surface area contributed by atoms with Gasteiger partial charge in [-0.1, -0.05) is 0 Å². The molecule has 104 valence electrons. The van der Waals surface area contributed by atoms with E-state index >= 15 is 0 Å². The molecule has 2 rings (SSSR count). The zero-order valence-electron chi connectivity index (χ0n) is 10.7. The van der Waals surface area contributed by atoms with Crippen LogP contribution in [0, 0.1) is 16.0 Å². The molecular weight excluding hydrogens is 250 g/mol. The van der Waals surface area contributed by atoms with E-state index in [1.54, 1.807) is 0 Å². The second-order valence-electron chi connectivity index (χ2n) is 4.76. The van der Waals surface area contributed by atoms with Gasteiger partial charge in [-0.3, -0.25) is 14.9 Å². The van der Waals surface area contributed by atoms with Gasteiger partial charge >= 0.3 is 5.88 Å². The van der Waals surface area contributed by atoms with Crippen LogP contribution < -0.4 is 10.6 Å². The molecule has 2 N–H and O–H groups in total. The van der Waals surface area contributed by atoms with Crippen molar-refractivity contribution in [2.45, 2.75) is 25.8 Å². The molecule has 2 heterocycles. The van der Waals surface area contributed by atoms with E-state index in [0.717, 1.165) is 25.9 Å². The third kappa shape index (κ3) is 3.31. The number of piperidine rings is 1. The van der Waals surface area contributed by atoms with Gasteiger partial charge in [-0.05, 0) is 44.8 Å². The van der Waals surface area contributed by atoms with E-state index in [1.807, 2.05) is 6.92 Å². The van der Waals surface area contributed by atoms with Crippen molar-refractivity contribution < 1.29 is 14.1 Å². The summed E-state index contributed by atoms with van der Waals surface area (Å²) in [7, 11) is 0. The number of hydrogen-bond acceptors (Lipinski definition) is 5. The van der Waals surface area contributed by atoms with Gasteiger partial charge in [-0.2, -0.15) is 0 Å². The Morgan fingerprint density at radius 2 is 2.42 bits per heavy atom. The van der Waals surface area contributed by atoms with E-state index in [1.165, 1.54) is 12.1 Å². The molecule has 1 aromatic heterocycles. The molecular formula is C12H17N3O4. The minimum absolute atomic E-state index is 0.00413. The molecule has 19 heavy (non-hydrogen) atoms. The molecule has 1 fully saturated rings. The lowest BCUT2D eigenvalue weighted by Gasteiger charge is -2.28. The lowest BCUT2D eigenvalue weighted by molar-refractivity contribution is -0.402. The lowest BCUT2D eigenvalue weighted by atomic mass is 9.93. The number of nitrogens with one attached hydrogen (secondary N) is 2. The Kier molecular flexibility index (Phi) is 4.16. The fourth-order valence-corrected chi connectivity index (χ4v) is 2.25. The first kappa shape index (κ1) is 13.5. The molecule has 0 saturated carbocycles. The number of amides is 1. The third-order valence-electron chi connectivity index (χ3n) is 3.40. The van der Waals surface area contributed by atoms with Crippen LogP contribution in [0.15, 0.2) is 16.5 Å². The highest BCUT2D eigenvalue weighted by atomic mass is 16.6. The van der Waals surface area contributed by atoms with Crippen LogP contribution in [-0.2, 0) is 0 Å². The molecule has 1 aromatic rings. The van der Waals surface area contributed by atoms with E-state index in [-0.39, 0.29) is 11.8 Å². The number of nitrogens with zero attached hydrogens (tertiary/aromatic N) is 1. The van der Waals surface area contributed by atoms with Crippen molar-refractivity contribution in [2.24, 2.45) is 5.92 Å². The molecule has 0 aliphatic carbocycles. The lowest BCUT2D eigenvalue weighted by Crippen LogP contribution is -2.44. The van der Waals surface area contributed by atoms with Gasteiger partial charge in [-0.25, -0.2) is 0 Å². The number of carbonyl (C=O) groups excluding carboxylic acids is 1. The summed E-state index contributed by atoms with van der Waals surface area (Å²) in [6.07, 6.45) is 2.16. The van der Waals surface area contributed by atoms with E-state index < -0.39 is 16.7 Å². The Hall–Kier alpha value is -1.89. The number of rotatable bonds is 4. The quantitative estimate of drug-likeness (QED) is 0.633. The second kappa shape index (κ2) is 5.83. The fourth-order valence-electron chi connectivity index (χ4n) is 2.25. The molecule has 1 aliphatic rings. The zero-order chi connectivity index (χ0) is 13.8. The normalized spacial score (nSPS) is 20.8. The number of furan rings is 1. The van der Waals surface area contributed by atoms with E-state index in [0.29, 0.717) is 5.92 Å². The maximum absolute atomic E-state index is 11.9. The van der Waals surface area contributed by atoms with E-state index in [4.69, 9.17) is 4.42 Å². The molecule has 0 bridgehead atoms. The molecule has 0 radical (unpaired) electrons. The molecule has 0 spiro atoms. The van der Waals surface area contributed by atoms with Crippen LogP contribution in [0.25, 0.3) is 0 Å². The fraction of sp³-hybridized carbons (Fsp3) is 0.583. The van der Waals surface area contributed by atoms with Crippen LogP contribution in [0.5, 0.6) is 0 Å². The van der Waals surface area contributed by atoms with Gasteiger partial charge in [0.25, 0.3) is 5.91 Å². The third-order valence-corrected chi connectivity index (χ3v) is 3.40. The summed E-state index contributed by atoms with van der Waals surface area (Å²) in [5.74, 6) is -0.478. The summed E-state index contributed by atoms with van der Waals surface area (Å²) in [4.78, 5) is 21.7. The van der Waals surface area contributed by atoms with Crippen LogP contribution >= 0.6 is 0 Å². The smallest absolute Gasteiger partial charge is 0.395 e. The Bertz CT molecular complexity index is 465. The molecule has 0 aromatic carbocycles. The van der Waals surface area contributed by atoms with Gasteiger partial charge in [0, 0.05) is 6.04 Å². The van der Waals surface area contributed by atoms with Gasteiger partial charge in [0.1, 0.15) is 4.92 Å². The van der Waals surface area contributed by atoms with Crippen molar-refractivity contribution in [3.63, 3.8) is 0 Å². The molecule has 1 amide bonds. The number of hydrogen-bond donors (Lipinski definition) is 2. The standard InChI is InChI=1S/C12H17N3O4/c1-8(9-3-2-6-13-7-9)14-12(16)10-4-5-11(19-10)15(17)18/h4-5,8-9,13H,2-3,6-7H2,1H3,(H,14,16). The Morgan fingerprint density at radius 3 is 3.00 bits per heavy atom. The molecule has 7 nitrogen and oxygen atoms in total. The van der Waals surface area contributed by atoms with Crippen LogP contribution in [0.4, 0.5) is 5.88 Å². The van der Waals surface area contributed by atoms with Crippen molar-refractivity contribution in [3.8, 4) is 0 Å². The summed E-state index contributed by atoms with van der Waals surface area (Å²) in [6, 6.07) is 2.51. The predicted octanol–water partition coefficient (Wildman–Crippen LogP) is 1.31. The van der Waals surface area contributed by atoms with Gasteiger partial charge in [0.2, 0.25) is 0 Å². The molecule has 2 atom stereocenters. The van der Waals surface area contributed by atoms with Gasteiger partial charge < -0.3 is 15.1 Å². The zero-order valence-corrected chi connectivity index (χ0v) is 10.7. The number of nitro groups is 1. The van der Waals surface area contributed by atoms with Crippen LogP contribution in [0.1, 0.15) is 30.3 Å². The van der Waals surface area contributed by atoms with Crippen LogP contribution in [0.3, 0.4) is 0 Å². The number of carbonyl (C=O) groups is 1. The van der Waals surface area contributed by atoms with Crippen molar-refractivity contribution in [1.29, 1.82) is 0 Å². The summed E-state index contributed by atoms with van der Waals surface area (Å²) < 4.78 is 4.87. The van der Waals surface area contributed by atoms with Crippen LogP contribution in [0.2, 0.25) is 0 Å².